The van der Waals surface area contributed by atoms with Crippen LogP contribution in [0, 0.1) is 0 Å². The van der Waals surface area contributed by atoms with E-state index in [1.165, 1.54) is 0 Å². The second kappa shape index (κ2) is 6.74. The van der Waals surface area contributed by atoms with Crippen LogP contribution in [0.5, 0.6) is 0 Å². The summed E-state index contributed by atoms with van der Waals surface area (Å²) in [5, 5.41) is 2.61. The van der Waals surface area contributed by atoms with Crippen molar-refractivity contribution in [2.24, 2.45) is 0 Å². The van der Waals surface area contributed by atoms with Crippen LogP contribution in [0.3, 0.4) is 0 Å². The first-order valence-electron chi connectivity index (χ1n) is 5.38. The minimum Gasteiger partial charge on any atom is -0.443 e. The Kier molecular flexibility index (Phi) is 5.84. The van der Waals surface area contributed by atoms with E-state index in [2.05, 4.69) is 21.2 Å². The van der Waals surface area contributed by atoms with E-state index >= 15 is 0 Å². The molecule has 0 saturated heterocycles. The smallest absolute Gasteiger partial charge is 0.287 e. The fourth-order valence-corrected chi connectivity index (χ4v) is 3.29. The topological polar surface area (TPSA) is 85.6 Å². The van der Waals surface area contributed by atoms with Gasteiger partial charge in [-0.15, -0.1) is 0 Å². The van der Waals surface area contributed by atoms with Crippen LogP contribution < -0.4 is 5.32 Å². The van der Waals surface area contributed by atoms with E-state index in [-0.39, 0.29) is 21.4 Å². The molecule has 0 aliphatic heterocycles. The first-order chi connectivity index (χ1) is 8.75. The lowest BCUT2D eigenvalue weighted by atomic mass is 10.3. The molecule has 1 amide bonds. The first-order valence-corrected chi connectivity index (χ1v) is 8.48. The van der Waals surface area contributed by atoms with E-state index in [9.17, 15) is 13.2 Å². The molecule has 0 spiro atoms. The van der Waals surface area contributed by atoms with Crippen molar-refractivity contribution >= 4 is 41.6 Å². The minimum absolute atomic E-state index is 0.106. The second-order valence-electron chi connectivity index (χ2n) is 3.72. The van der Waals surface area contributed by atoms with E-state index in [0.717, 1.165) is 6.07 Å². The summed E-state index contributed by atoms with van der Waals surface area (Å²) < 4.78 is 32.4. The summed E-state index contributed by atoms with van der Waals surface area (Å²) in [5.41, 5.74) is 0. The van der Waals surface area contributed by atoms with Gasteiger partial charge in [-0.1, -0.05) is 0 Å². The molecular formula is C10H13BrClNO5S. The fraction of sp³-hybridized carbons (Fsp3) is 0.500. The molecule has 108 valence electrons. The van der Waals surface area contributed by atoms with Crippen LogP contribution in [0.25, 0.3) is 0 Å². The zero-order valence-electron chi connectivity index (χ0n) is 10.3. The Hall–Kier alpha value is -0.570. The number of furan rings is 1. The maximum absolute atomic E-state index is 11.8. The van der Waals surface area contributed by atoms with E-state index < -0.39 is 15.0 Å². The van der Waals surface area contributed by atoms with Crippen molar-refractivity contribution < 1.29 is 22.4 Å². The number of rotatable bonds is 6. The first kappa shape index (κ1) is 16.5. The predicted molar refractivity (Wildman–Crippen MR) is 72.9 cm³/mol. The van der Waals surface area contributed by atoms with Gasteiger partial charge in [-0.2, -0.15) is 0 Å². The highest BCUT2D eigenvalue weighted by Crippen LogP contribution is 2.28. The average molecular weight is 375 g/mol. The Labute approximate surface area is 124 Å². The summed E-state index contributed by atoms with van der Waals surface area (Å²) in [6.45, 7) is 4.49. The molecule has 1 unspecified atom stereocenters. The molecule has 6 nitrogen and oxygen atoms in total. The quantitative estimate of drug-likeness (QED) is 0.771. The third-order valence-corrected chi connectivity index (χ3v) is 4.27. The lowest BCUT2D eigenvalue weighted by molar-refractivity contribution is 0.0845. The summed E-state index contributed by atoms with van der Waals surface area (Å²) >= 11 is 2.89. The van der Waals surface area contributed by atoms with Gasteiger partial charge in [-0.25, -0.2) is 8.42 Å². The molecule has 1 rings (SSSR count). The highest BCUT2D eigenvalue weighted by atomic mass is 79.9. The number of carbonyl (C=O) groups excluding carboxylic acids is 1. The SMILES string of the molecule is CCOCC(C)NC(=O)c1cc(S(=O)(=O)Cl)c(Br)o1. The van der Waals surface area contributed by atoms with Crippen LogP contribution in [-0.4, -0.2) is 33.6 Å². The van der Waals surface area contributed by atoms with Crippen molar-refractivity contribution in [3.63, 3.8) is 0 Å². The third kappa shape index (κ3) is 4.79. The van der Waals surface area contributed by atoms with Crippen molar-refractivity contribution in [3.05, 3.63) is 16.5 Å². The number of halogens is 2. The summed E-state index contributed by atoms with van der Waals surface area (Å²) in [7, 11) is 1.22. The standard InChI is InChI=1S/C10H13BrClNO5S/c1-3-17-5-6(2)13-10(14)7-4-8(9(11)18-7)19(12,15)16/h4,6H,3,5H2,1-2H3,(H,13,14). The largest absolute Gasteiger partial charge is 0.443 e. The van der Waals surface area contributed by atoms with Gasteiger partial charge in [-0.3, -0.25) is 4.79 Å². The summed E-state index contributed by atoms with van der Waals surface area (Å²) in [5.74, 6) is -0.686. The molecule has 9 heteroatoms. The third-order valence-electron chi connectivity index (χ3n) is 2.09. The van der Waals surface area contributed by atoms with Crippen LogP contribution in [0.4, 0.5) is 0 Å². The number of nitrogens with one attached hydrogen (secondary N) is 1. The summed E-state index contributed by atoms with van der Waals surface area (Å²) in [6.07, 6.45) is 0. The second-order valence-corrected chi connectivity index (χ2v) is 6.98. The molecule has 0 saturated carbocycles. The molecule has 1 heterocycles. The molecular weight excluding hydrogens is 362 g/mol. The van der Waals surface area contributed by atoms with Gasteiger partial charge in [0.2, 0.25) is 0 Å². The Bertz CT molecular complexity index is 556. The van der Waals surface area contributed by atoms with E-state index in [4.69, 9.17) is 19.8 Å². The normalized spacial score (nSPS) is 13.3. The van der Waals surface area contributed by atoms with Gasteiger partial charge in [0.25, 0.3) is 15.0 Å². The zero-order valence-corrected chi connectivity index (χ0v) is 13.4. The Balaban J connectivity index is 2.79. The number of amides is 1. The lowest BCUT2D eigenvalue weighted by Gasteiger charge is -2.12. The van der Waals surface area contributed by atoms with Gasteiger partial charge >= 0.3 is 0 Å². The average Bonchev–Trinajstić information content (AvgIpc) is 2.68. The van der Waals surface area contributed by atoms with Gasteiger partial charge in [0.1, 0.15) is 4.90 Å². The molecule has 0 aliphatic carbocycles. The van der Waals surface area contributed by atoms with Crippen LogP contribution in [0.15, 0.2) is 20.0 Å². The molecule has 0 aromatic carbocycles. The van der Waals surface area contributed by atoms with Gasteiger partial charge < -0.3 is 14.5 Å². The van der Waals surface area contributed by atoms with Crippen LogP contribution in [0.2, 0.25) is 0 Å². The number of hydrogen-bond acceptors (Lipinski definition) is 5. The predicted octanol–water partition coefficient (Wildman–Crippen LogP) is 2.12. The van der Waals surface area contributed by atoms with Crippen molar-refractivity contribution in [1.82, 2.24) is 5.32 Å². The van der Waals surface area contributed by atoms with Gasteiger partial charge in [0.05, 0.1) is 6.61 Å². The Morgan fingerprint density at radius 1 is 1.63 bits per heavy atom. The van der Waals surface area contributed by atoms with Gasteiger partial charge in [-0.05, 0) is 29.8 Å². The van der Waals surface area contributed by atoms with E-state index in [1.807, 2.05) is 6.92 Å². The minimum atomic E-state index is -3.96. The fourth-order valence-electron chi connectivity index (χ4n) is 1.26. The van der Waals surface area contributed by atoms with Crippen LogP contribution in [0.1, 0.15) is 24.4 Å². The maximum atomic E-state index is 11.8. The Morgan fingerprint density at radius 2 is 2.26 bits per heavy atom. The summed E-state index contributed by atoms with van der Waals surface area (Å²) in [4.78, 5) is 11.5. The molecule has 19 heavy (non-hydrogen) atoms. The van der Waals surface area contributed by atoms with Crippen molar-refractivity contribution in [2.75, 3.05) is 13.2 Å². The molecule has 1 aromatic heterocycles. The number of carbonyl (C=O) groups is 1. The molecule has 0 radical (unpaired) electrons. The molecule has 0 aliphatic rings. The highest BCUT2D eigenvalue weighted by Gasteiger charge is 2.23. The lowest BCUT2D eigenvalue weighted by Crippen LogP contribution is -2.35. The molecule has 1 atom stereocenters. The maximum Gasteiger partial charge on any atom is 0.287 e. The monoisotopic (exact) mass is 373 g/mol. The van der Waals surface area contributed by atoms with E-state index in [1.54, 1.807) is 6.92 Å². The van der Waals surface area contributed by atoms with Crippen molar-refractivity contribution in [2.45, 2.75) is 24.8 Å². The van der Waals surface area contributed by atoms with E-state index in [0.29, 0.717) is 13.2 Å². The van der Waals surface area contributed by atoms with Gasteiger partial charge in [0, 0.05) is 29.4 Å². The van der Waals surface area contributed by atoms with Crippen molar-refractivity contribution in [1.29, 1.82) is 0 Å². The molecule has 0 fully saturated rings. The summed E-state index contributed by atoms with van der Waals surface area (Å²) in [6, 6.07) is 0.835. The number of hydrogen-bond donors (Lipinski definition) is 1. The zero-order chi connectivity index (χ0) is 14.6. The molecule has 1 N–H and O–H groups in total. The van der Waals surface area contributed by atoms with Crippen LogP contribution in [-0.2, 0) is 13.8 Å². The number of ether oxygens (including phenoxy) is 1. The van der Waals surface area contributed by atoms with Gasteiger partial charge in [0.15, 0.2) is 10.4 Å². The highest BCUT2D eigenvalue weighted by molar-refractivity contribution is 9.10. The van der Waals surface area contributed by atoms with Crippen molar-refractivity contribution in [3.8, 4) is 0 Å². The molecule has 0 bridgehead atoms. The van der Waals surface area contributed by atoms with Crippen LogP contribution >= 0.6 is 26.6 Å². The Morgan fingerprint density at radius 3 is 2.74 bits per heavy atom. The molecule has 1 aromatic rings.